The molecule has 1 N–H and O–H groups in total. The minimum Gasteiger partial charge on any atom is -0.497 e. The van der Waals surface area contributed by atoms with E-state index in [2.05, 4.69) is 5.16 Å². The number of oxime groups is 1. The van der Waals surface area contributed by atoms with E-state index in [1.807, 2.05) is 54.6 Å². The van der Waals surface area contributed by atoms with Crippen molar-refractivity contribution in [3.05, 3.63) is 65.7 Å². The molecule has 20 heavy (non-hydrogen) atoms. The first-order valence-electron chi connectivity index (χ1n) is 6.03. The van der Waals surface area contributed by atoms with Gasteiger partial charge in [0.25, 0.3) is 0 Å². The van der Waals surface area contributed by atoms with E-state index in [4.69, 9.17) is 21.5 Å². The fourth-order valence-electron chi connectivity index (χ4n) is 1.83. The summed E-state index contributed by atoms with van der Waals surface area (Å²) >= 11 is 6.41. The maximum atomic E-state index is 8.85. The summed E-state index contributed by atoms with van der Waals surface area (Å²) < 4.78 is 5.12. The van der Waals surface area contributed by atoms with Crippen molar-refractivity contribution in [3.63, 3.8) is 0 Å². The molecule has 0 aliphatic rings. The molecule has 2 aromatic carbocycles. The molecule has 3 nitrogen and oxygen atoms in total. The quantitative estimate of drug-likeness (QED) is 0.395. The van der Waals surface area contributed by atoms with Crippen LogP contribution >= 0.6 is 11.6 Å². The molecular weight excluding hydrogens is 274 g/mol. The minimum atomic E-state index is 0.522. The van der Waals surface area contributed by atoms with Crippen LogP contribution < -0.4 is 4.74 Å². The van der Waals surface area contributed by atoms with E-state index in [0.29, 0.717) is 10.6 Å². The topological polar surface area (TPSA) is 41.8 Å². The molecule has 0 aromatic heterocycles. The molecule has 0 amide bonds. The first kappa shape index (κ1) is 14.2. The molecule has 0 aliphatic carbocycles. The number of halogens is 1. The number of hydrogen-bond acceptors (Lipinski definition) is 3. The zero-order valence-electron chi connectivity index (χ0n) is 11.0. The highest BCUT2D eigenvalue weighted by atomic mass is 35.5. The van der Waals surface area contributed by atoms with Gasteiger partial charge in [-0.05, 0) is 23.3 Å². The Morgan fingerprint density at radius 3 is 2.25 bits per heavy atom. The predicted molar refractivity (Wildman–Crippen MR) is 82.4 cm³/mol. The van der Waals surface area contributed by atoms with Crippen LogP contribution in [0.2, 0.25) is 0 Å². The molecule has 0 fully saturated rings. The summed E-state index contributed by atoms with van der Waals surface area (Å²) in [5.74, 6) is 0.755. The second kappa shape index (κ2) is 6.78. The average Bonchev–Trinajstić information content (AvgIpc) is 2.53. The van der Waals surface area contributed by atoms with Gasteiger partial charge in [-0.3, -0.25) is 0 Å². The van der Waals surface area contributed by atoms with E-state index >= 15 is 0 Å². The van der Waals surface area contributed by atoms with E-state index in [9.17, 15) is 0 Å². The summed E-state index contributed by atoms with van der Waals surface area (Å²) in [6.45, 7) is 0. The lowest BCUT2D eigenvalue weighted by Gasteiger charge is -2.08. The number of methoxy groups -OCH3 is 1. The second-order valence-electron chi connectivity index (χ2n) is 4.07. The van der Waals surface area contributed by atoms with Crippen molar-refractivity contribution < 1.29 is 9.94 Å². The molecule has 0 saturated carbocycles. The van der Waals surface area contributed by atoms with Gasteiger partial charge in [0.05, 0.1) is 18.4 Å². The van der Waals surface area contributed by atoms with Gasteiger partial charge in [0.2, 0.25) is 0 Å². The third kappa shape index (κ3) is 3.19. The molecule has 0 heterocycles. The summed E-state index contributed by atoms with van der Waals surface area (Å²) in [6.07, 6.45) is 1.33. The first-order valence-corrected chi connectivity index (χ1v) is 6.41. The zero-order valence-corrected chi connectivity index (χ0v) is 11.7. The van der Waals surface area contributed by atoms with Gasteiger partial charge in [-0.15, -0.1) is 0 Å². The Kier molecular flexibility index (Phi) is 4.80. The van der Waals surface area contributed by atoms with E-state index in [-0.39, 0.29) is 0 Å². The van der Waals surface area contributed by atoms with Crippen LogP contribution in [0.5, 0.6) is 5.75 Å². The van der Waals surface area contributed by atoms with Crippen molar-refractivity contribution >= 4 is 28.4 Å². The minimum absolute atomic E-state index is 0.522. The Labute approximate surface area is 122 Å². The van der Waals surface area contributed by atoms with Gasteiger partial charge in [0.15, 0.2) is 0 Å². The van der Waals surface area contributed by atoms with Crippen LogP contribution in [0.3, 0.4) is 0 Å². The Balaban J connectivity index is 2.49. The number of benzene rings is 2. The fourth-order valence-corrected chi connectivity index (χ4v) is 2.11. The second-order valence-corrected chi connectivity index (χ2v) is 4.44. The highest BCUT2D eigenvalue weighted by Gasteiger charge is 2.08. The monoisotopic (exact) mass is 287 g/mol. The maximum Gasteiger partial charge on any atom is 0.118 e. The number of ether oxygens (including phenoxy) is 1. The van der Waals surface area contributed by atoms with Gasteiger partial charge in [0, 0.05) is 5.57 Å². The largest absolute Gasteiger partial charge is 0.497 e. The lowest BCUT2D eigenvalue weighted by atomic mass is 10.0. The van der Waals surface area contributed by atoms with Crippen LogP contribution in [-0.4, -0.2) is 18.5 Å². The van der Waals surface area contributed by atoms with Gasteiger partial charge >= 0.3 is 0 Å². The number of allylic oxidation sites excluding steroid dienone is 1. The van der Waals surface area contributed by atoms with E-state index in [1.165, 1.54) is 6.21 Å². The molecule has 4 heteroatoms. The molecule has 0 bridgehead atoms. The third-order valence-corrected chi connectivity index (χ3v) is 3.27. The van der Waals surface area contributed by atoms with Crippen molar-refractivity contribution in [1.29, 1.82) is 0 Å². The van der Waals surface area contributed by atoms with Crippen molar-refractivity contribution in [2.24, 2.45) is 5.16 Å². The summed E-state index contributed by atoms with van der Waals surface area (Å²) in [5.41, 5.74) is 2.35. The van der Waals surface area contributed by atoms with Crippen LogP contribution in [-0.2, 0) is 0 Å². The summed E-state index contributed by atoms with van der Waals surface area (Å²) in [4.78, 5) is 0. The van der Waals surface area contributed by atoms with Crippen LogP contribution in [0.15, 0.2) is 59.8 Å². The number of hydrogen-bond donors (Lipinski definition) is 1. The van der Waals surface area contributed by atoms with Crippen molar-refractivity contribution in [1.82, 2.24) is 0 Å². The van der Waals surface area contributed by atoms with Crippen LogP contribution in [0.25, 0.3) is 10.6 Å². The molecule has 0 unspecified atom stereocenters. The zero-order chi connectivity index (χ0) is 14.4. The molecule has 0 radical (unpaired) electrons. The molecule has 0 atom stereocenters. The van der Waals surface area contributed by atoms with Crippen LogP contribution in [0.4, 0.5) is 0 Å². The van der Waals surface area contributed by atoms with Crippen LogP contribution in [0, 0.1) is 0 Å². The molecule has 2 rings (SSSR count). The molecule has 2 aromatic rings. The predicted octanol–water partition coefficient (Wildman–Crippen LogP) is 4.26. The smallest absolute Gasteiger partial charge is 0.118 e. The molecule has 0 saturated heterocycles. The lowest BCUT2D eigenvalue weighted by molar-refractivity contribution is 0.322. The van der Waals surface area contributed by atoms with Gasteiger partial charge < -0.3 is 9.94 Å². The van der Waals surface area contributed by atoms with Gasteiger partial charge in [-0.2, -0.15) is 0 Å². The Hall–Kier alpha value is -2.26. The summed E-state index contributed by atoms with van der Waals surface area (Å²) in [7, 11) is 1.61. The first-order chi connectivity index (χ1) is 9.76. The Bertz CT molecular complexity index is 619. The van der Waals surface area contributed by atoms with Crippen molar-refractivity contribution in [3.8, 4) is 5.75 Å². The molecule has 102 valence electrons. The average molecular weight is 288 g/mol. The Morgan fingerprint density at radius 1 is 1.05 bits per heavy atom. The standard InChI is InChI=1S/C16H14ClNO2/c1-20-14-9-7-12(8-10-14)15(11-18-19)16(17)13-5-3-2-4-6-13/h2-11,19H,1H3. The van der Waals surface area contributed by atoms with E-state index < -0.39 is 0 Å². The SMILES string of the molecule is COc1ccc(C(C=NO)=C(Cl)c2ccccc2)cc1. The highest BCUT2D eigenvalue weighted by molar-refractivity contribution is 6.56. The molecule has 0 aliphatic heterocycles. The Morgan fingerprint density at radius 2 is 1.70 bits per heavy atom. The third-order valence-electron chi connectivity index (χ3n) is 2.85. The van der Waals surface area contributed by atoms with Gasteiger partial charge in [-0.25, -0.2) is 0 Å². The fraction of sp³-hybridized carbons (Fsp3) is 0.0625. The van der Waals surface area contributed by atoms with Gasteiger partial charge in [0.1, 0.15) is 5.75 Å². The lowest BCUT2D eigenvalue weighted by Crippen LogP contribution is -1.91. The number of nitrogens with zero attached hydrogens (tertiary/aromatic N) is 1. The van der Waals surface area contributed by atoms with Crippen molar-refractivity contribution in [2.45, 2.75) is 0 Å². The summed E-state index contributed by atoms with van der Waals surface area (Å²) in [5, 5.41) is 12.5. The summed E-state index contributed by atoms with van der Waals surface area (Å²) in [6, 6.07) is 16.9. The van der Waals surface area contributed by atoms with Crippen LogP contribution in [0.1, 0.15) is 11.1 Å². The van der Waals surface area contributed by atoms with Gasteiger partial charge in [-0.1, -0.05) is 59.2 Å². The number of rotatable bonds is 4. The van der Waals surface area contributed by atoms with E-state index in [0.717, 1.165) is 16.9 Å². The van der Waals surface area contributed by atoms with E-state index in [1.54, 1.807) is 7.11 Å². The highest BCUT2D eigenvalue weighted by Crippen LogP contribution is 2.29. The maximum absolute atomic E-state index is 8.85. The van der Waals surface area contributed by atoms with Crippen molar-refractivity contribution in [2.75, 3.05) is 7.11 Å². The molecule has 0 spiro atoms. The normalized spacial score (nSPS) is 12.3. The molecular formula is C16H14ClNO2.